The SMILES string of the molecule is C/C(=C\c1ccccc1)C(=O)Nc1ccccc1C(C)C. The van der Waals surface area contributed by atoms with Gasteiger partial charge in [0.2, 0.25) is 0 Å². The van der Waals surface area contributed by atoms with E-state index >= 15 is 0 Å². The molecular weight excluding hydrogens is 258 g/mol. The van der Waals surface area contributed by atoms with Crippen molar-refractivity contribution in [2.45, 2.75) is 26.7 Å². The molecule has 1 N–H and O–H groups in total. The highest BCUT2D eigenvalue weighted by Gasteiger charge is 2.10. The Balaban J connectivity index is 2.17. The number of amides is 1. The quantitative estimate of drug-likeness (QED) is 0.796. The van der Waals surface area contributed by atoms with Crippen LogP contribution in [0, 0.1) is 0 Å². The van der Waals surface area contributed by atoms with E-state index in [1.165, 1.54) is 0 Å². The third kappa shape index (κ3) is 4.06. The van der Waals surface area contributed by atoms with Gasteiger partial charge in [-0.1, -0.05) is 62.4 Å². The van der Waals surface area contributed by atoms with Crippen molar-refractivity contribution in [3.8, 4) is 0 Å². The van der Waals surface area contributed by atoms with Crippen molar-refractivity contribution in [1.29, 1.82) is 0 Å². The van der Waals surface area contributed by atoms with E-state index in [-0.39, 0.29) is 5.91 Å². The first-order valence-electron chi connectivity index (χ1n) is 7.21. The number of hydrogen-bond acceptors (Lipinski definition) is 1. The largest absolute Gasteiger partial charge is 0.322 e. The molecular formula is C19H21NO. The molecule has 0 saturated heterocycles. The Morgan fingerprint density at radius 2 is 1.62 bits per heavy atom. The molecule has 2 heteroatoms. The Kier molecular flexibility index (Phi) is 4.94. The second-order valence-electron chi connectivity index (χ2n) is 5.43. The van der Waals surface area contributed by atoms with Gasteiger partial charge in [0.15, 0.2) is 0 Å². The van der Waals surface area contributed by atoms with Gasteiger partial charge >= 0.3 is 0 Å². The number of nitrogens with one attached hydrogen (secondary N) is 1. The van der Waals surface area contributed by atoms with Crippen LogP contribution >= 0.6 is 0 Å². The zero-order valence-electron chi connectivity index (χ0n) is 12.8. The zero-order valence-corrected chi connectivity index (χ0v) is 12.8. The monoisotopic (exact) mass is 279 g/mol. The van der Waals surface area contributed by atoms with Gasteiger partial charge in [0, 0.05) is 11.3 Å². The van der Waals surface area contributed by atoms with Crippen LogP contribution in [0.1, 0.15) is 37.8 Å². The lowest BCUT2D eigenvalue weighted by atomic mass is 10.0. The number of para-hydroxylation sites is 1. The maximum absolute atomic E-state index is 12.3. The molecule has 2 rings (SSSR count). The highest BCUT2D eigenvalue weighted by molar-refractivity contribution is 6.06. The summed E-state index contributed by atoms with van der Waals surface area (Å²) in [6.45, 7) is 6.08. The molecule has 0 fully saturated rings. The number of carbonyl (C=O) groups excluding carboxylic acids is 1. The fraction of sp³-hybridized carbons (Fsp3) is 0.211. The summed E-state index contributed by atoms with van der Waals surface area (Å²) in [5.41, 5.74) is 3.76. The molecule has 0 aliphatic rings. The van der Waals surface area contributed by atoms with Crippen LogP contribution in [0.4, 0.5) is 5.69 Å². The first-order chi connectivity index (χ1) is 10.1. The molecule has 0 heterocycles. The second kappa shape index (κ2) is 6.89. The summed E-state index contributed by atoms with van der Waals surface area (Å²) in [4.78, 5) is 12.3. The number of rotatable bonds is 4. The number of carbonyl (C=O) groups is 1. The van der Waals surface area contributed by atoms with Crippen molar-refractivity contribution in [1.82, 2.24) is 0 Å². The Morgan fingerprint density at radius 3 is 2.29 bits per heavy atom. The van der Waals surface area contributed by atoms with Crippen molar-refractivity contribution in [2.24, 2.45) is 0 Å². The maximum atomic E-state index is 12.3. The minimum atomic E-state index is -0.0630. The summed E-state index contributed by atoms with van der Waals surface area (Å²) in [6, 6.07) is 17.8. The van der Waals surface area contributed by atoms with Crippen LogP contribution in [0.3, 0.4) is 0 Å². The Labute approximate surface area is 126 Å². The molecule has 2 aromatic rings. The van der Waals surface area contributed by atoms with E-state index < -0.39 is 0 Å². The topological polar surface area (TPSA) is 29.1 Å². The Bertz CT molecular complexity index is 642. The molecule has 0 aromatic heterocycles. The maximum Gasteiger partial charge on any atom is 0.251 e. The molecule has 2 aromatic carbocycles. The van der Waals surface area contributed by atoms with Crippen LogP contribution in [0.25, 0.3) is 6.08 Å². The Hall–Kier alpha value is -2.35. The predicted octanol–water partition coefficient (Wildman–Crippen LogP) is 4.85. The van der Waals surface area contributed by atoms with Crippen molar-refractivity contribution in [3.63, 3.8) is 0 Å². The fourth-order valence-corrected chi connectivity index (χ4v) is 2.20. The predicted molar refractivity (Wildman–Crippen MR) is 89.3 cm³/mol. The minimum Gasteiger partial charge on any atom is -0.322 e. The van der Waals surface area contributed by atoms with Crippen molar-refractivity contribution >= 4 is 17.7 Å². The molecule has 108 valence electrons. The van der Waals surface area contributed by atoms with E-state index in [4.69, 9.17) is 0 Å². The summed E-state index contributed by atoms with van der Waals surface area (Å²) >= 11 is 0. The summed E-state index contributed by atoms with van der Waals surface area (Å²) in [7, 11) is 0. The molecule has 2 nitrogen and oxygen atoms in total. The molecule has 0 spiro atoms. The van der Waals surface area contributed by atoms with Gasteiger partial charge in [-0.2, -0.15) is 0 Å². The van der Waals surface area contributed by atoms with Crippen LogP contribution in [-0.2, 0) is 4.79 Å². The minimum absolute atomic E-state index is 0.0630. The zero-order chi connectivity index (χ0) is 15.2. The van der Waals surface area contributed by atoms with Gasteiger partial charge in [0.05, 0.1) is 0 Å². The molecule has 1 amide bonds. The van der Waals surface area contributed by atoms with Gasteiger partial charge in [0.25, 0.3) is 5.91 Å². The molecule has 0 saturated carbocycles. The lowest BCUT2D eigenvalue weighted by Gasteiger charge is -2.13. The third-order valence-corrected chi connectivity index (χ3v) is 3.37. The van der Waals surface area contributed by atoms with Gasteiger partial charge < -0.3 is 5.32 Å². The van der Waals surface area contributed by atoms with Crippen molar-refractivity contribution < 1.29 is 4.79 Å². The van der Waals surface area contributed by atoms with E-state index in [1.54, 1.807) is 0 Å². The lowest BCUT2D eigenvalue weighted by Crippen LogP contribution is -2.14. The normalized spacial score (nSPS) is 11.5. The van der Waals surface area contributed by atoms with E-state index in [9.17, 15) is 4.79 Å². The second-order valence-corrected chi connectivity index (χ2v) is 5.43. The lowest BCUT2D eigenvalue weighted by molar-refractivity contribution is -0.112. The van der Waals surface area contributed by atoms with Crippen LogP contribution < -0.4 is 5.32 Å². The average Bonchev–Trinajstić information content (AvgIpc) is 2.48. The standard InChI is InChI=1S/C19H21NO/c1-14(2)17-11-7-8-12-18(17)20-19(21)15(3)13-16-9-5-4-6-10-16/h4-14H,1-3H3,(H,20,21)/b15-13+. The van der Waals surface area contributed by atoms with Crippen molar-refractivity contribution in [3.05, 3.63) is 71.3 Å². The smallest absolute Gasteiger partial charge is 0.251 e. The van der Waals surface area contributed by atoms with E-state index in [0.29, 0.717) is 11.5 Å². The van der Waals surface area contributed by atoms with Gasteiger partial charge in [-0.3, -0.25) is 4.79 Å². The number of anilines is 1. The van der Waals surface area contributed by atoms with E-state index in [2.05, 4.69) is 25.2 Å². The third-order valence-electron chi connectivity index (χ3n) is 3.37. The first-order valence-corrected chi connectivity index (χ1v) is 7.21. The molecule has 0 atom stereocenters. The van der Waals surface area contributed by atoms with E-state index in [0.717, 1.165) is 16.8 Å². The molecule has 0 aliphatic heterocycles. The molecule has 0 unspecified atom stereocenters. The van der Waals surface area contributed by atoms with Gasteiger partial charge in [0.1, 0.15) is 0 Å². The molecule has 0 aliphatic carbocycles. The van der Waals surface area contributed by atoms with Crippen LogP contribution in [-0.4, -0.2) is 5.91 Å². The summed E-state index contributed by atoms with van der Waals surface area (Å²) < 4.78 is 0. The molecule has 21 heavy (non-hydrogen) atoms. The summed E-state index contributed by atoms with van der Waals surface area (Å²) in [6.07, 6.45) is 1.90. The summed E-state index contributed by atoms with van der Waals surface area (Å²) in [5.74, 6) is 0.312. The van der Waals surface area contributed by atoms with Crippen molar-refractivity contribution in [2.75, 3.05) is 5.32 Å². The van der Waals surface area contributed by atoms with Crippen LogP contribution in [0.15, 0.2) is 60.2 Å². The highest BCUT2D eigenvalue weighted by atomic mass is 16.1. The van der Waals surface area contributed by atoms with Crippen LogP contribution in [0.2, 0.25) is 0 Å². The fourth-order valence-electron chi connectivity index (χ4n) is 2.20. The Morgan fingerprint density at radius 1 is 1.00 bits per heavy atom. The summed E-state index contributed by atoms with van der Waals surface area (Å²) in [5, 5.41) is 3.00. The average molecular weight is 279 g/mol. The van der Waals surface area contributed by atoms with Gasteiger partial charge in [-0.25, -0.2) is 0 Å². The number of benzene rings is 2. The van der Waals surface area contributed by atoms with Gasteiger partial charge in [-0.05, 0) is 36.1 Å². The first kappa shape index (κ1) is 15.0. The molecule has 0 bridgehead atoms. The molecule has 0 radical (unpaired) electrons. The van der Waals surface area contributed by atoms with Gasteiger partial charge in [-0.15, -0.1) is 0 Å². The number of hydrogen-bond donors (Lipinski definition) is 1. The van der Waals surface area contributed by atoms with E-state index in [1.807, 2.05) is 61.5 Å². The van der Waals surface area contributed by atoms with Crippen LogP contribution in [0.5, 0.6) is 0 Å². The highest BCUT2D eigenvalue weighted by Crippen LogP contribution is 2.24.